The average molecular weight is 763 g/mol. The van der Waals surface area contributed by atoms with Crippen molar-refractivity contribution in [1.82, 2.24) is 19.1 Å². The second kappa shape index (κ2) is 17.2. The van der Waals surface area contributed by atoms with Crippen LogP contribution in [-0.4, -0.2) is 34.6 Å². The number of nitrogens with zero attached hydrogens (tertiary/aromatic N) is 3. The predicted molar refractivity (Wildman–Crippen MR) is 206 cm³/mol. The molecule has 0 aliphatic heterocycles. The number of sulfonamides is 1. The van der Waals surface area contributed by atoms with Gasteiger partial charge in [-0.1, -0.05) is 105 Å². The van der Waals surface area contributed by atoms with Gasteiger partial charge in [0.05, 0.1) is 32.7 Å². The van der Waals surface area contributed by atoms with Gasteiger partial charge in [0.15, 0.2) is 0 Å². The molecule has 0 aliphatic rings. The SMILES string of the molecule is CCCCC(=O)Nc1ccc(Cl)c(-n2nc(CCCC)n(Cc3ccc(-c4ccccc4S(=O)(=O)NC(=O)c4ccccc4Cl)cc3CC)c2=O)c1. The number of halogens is 2. The van der Waals surface area contributed by atoms with Crippen LogP contribution in [0.3, 0.4) is 0 Å². The van der Waals surface area contributed by atoms with Crippen LogP contribution in [0.1, 0.15) is 80.2 Å². The number of benzene rings is 4. The van der Waals surface area contributed by atoms with Gasteiger partial charge in [-0.25, -0.2) is 17.9 Å². The highest BCUT2D eigenvalue weighted by atomic mass is 35.5. The van der Waals surface area contributed by atoms with Crippen LogP contribution < -0.4 is 15.7 Å². The van der Waals surface area contributed by atoms with Crippen LogP contribution in [-0.2, 0) is 34.2 Å². The molecule has 0 bridgehead atoms. The lowest BCUT2D eigenvalue weighted by molar-refractivity contribution is -0.116. The lowest BCUT2D eigenvalue weighted by Crippen LogP contribution is -2.31. The number of carbonyl (C=O) groups is 2. The number of unbranched alkanes of at least 4 members (excludes halogenated alkanes) is 2. The maximum absolute atomic E-state index is 14.0. The summed E-state index contributed by atoms with van der Waals surface area (Å²) >= 11 is 12.7. The Morgan fingerprint density at radius 1 is 0.827 bits per heavy atom. The van der Waals surface area contributed by atoms with Crippen molar-refractivity contribution in [2.75, 3.05) is 5.32 Å². The summed E-state index contributed by atoms with van der Waals surface area (Å²) in [6, 6.07) is 23.3. The Hall–Kier alpha value is -4.71. The zero-order valence-corrected chi connectivity index (χ0v) is 31.6. The van der Waals surface area contributed by atoms with Crippen molar-refractivity contribution in [2.24, 2.45) is 0 Å². The number of aromatic nitrogens is 3. The van der Waals surface area contributed by atoms with E-state index in [1.165, 1.54) is 22.9 Å². The van der Waals surface area contributed by atoms with E-state index in [2.05, 4.69) is 17.0 Å². The first-order valence-corrected chi connectivity index (χ1v) is 19.5. The molecule has 10 nitrogen and oxygen atoms in total. The quantitative estimate of drug-likeness (QED) is 0.111. The van der Waals surface area contributed by atoms with E-state index in [0.717, 1.165) is 36.8 Å². The standard InChI is InChI=1S/C39H41Cl2N5O5S/c1-4-7-17-36-43-46(34-24-29(21-22-33(34)41)42-37(47)18-8-5-2)39(49)45(36)25-28-20-19-27(23-26(28)6-3)30-13-10-12-16-35(30)52(50,51)44-38(48)31-14-9-11-15-32(31)40/h9-16,19-24H,4-8,17-18,25H2,1-3H3,(H,42,47)(H,44,48). The molecule has 0 unspecified atom stereocenters. The van der Waals surface area contributed by atoms with E-state index in [4.69, 9.17) is 28.3 Å². The summed E-state index contributed by atoms with van der Waals surface area (Å²) in [4.78, 5) is 39.3. The van der Waals surface area contributed by atoms with Crippen molar-refractivity contribution in [1.29, 1.82) is 0 Å². The molecule has 2 amide bonds. The summed E-state index contributed by atoms with van der Waals surface area (Å²) in [6.45, 7) is 6.29. The molecule has 0 saturated carbocycles. The predicted octanol–water partition coefficient (Wildman–Crippen LogP) is 8.21. The zero-order valence-electron chi connectivity index (χ0n) is 29.3. The first kappa shape index (κ1) is 38.5. The van der Waals surface area contributed by atoms with Gasteiger partial charge in [0.25, 0.3) is 15.9 Å². The van der Waals surface area contributed by atoms with E-state index in [1.807, 2.05) is 32.0 Å². The van der Waals surface area contributed by atoms with Crippen molar-refractivity contribution in [3.63, 3.8) is 0 Å². The fraction of sp³-hybridized carbons (Fsp3) is 0.282. The van der Waals surface area contributed by atoms with Crippen molar-refractivity contribution < 1.29 is 18.0 Å². The molecule has 2 N–H and O–H groups in total. The fourth-order valence-electron chi connectivity index (χ4n) is 5.85. The van der Waals surface area contributed by atoms with Gasteiger partial charge in [-0.15, -0.1) is 5.10 Å². The lowest BCUT2D eigenvalue weighted by Gasteiger charge is -2.15. The summed E-state index contributed by atoms with van der Waals surface area (Å²) in [5.74, 6) is -0.356. The molecule has 52 heavy (non-hydrogen) atoms. The number of nitrogens with one attached hydrogen (secondary N) is 2. The Kier molecular flexibility index (Phi) is 12.7. The zero-order chi connectivity index (χ0) is 37.4. The average Bonchev–Trinajstić information content (AvgIpc) is 3.44. The van der Waals surface area contributed by atoms with E-state index in [0.29, 0.717) is 52.6 Å². The minimum atomic E-state index is -4.29. The number of anilines is 1. The second-order valence-electron chi connectivity index (χ2n) is 12.4. The summed E-state index contributed by atoms with van der Waals surface area (Å²) in [5, 5.41) is 8.05. The van der Waals surface area contributed by atoms with E-state index < -0.39 is 15.9 Å². The van der Waals surface area contributed by atoms with Gasteiger partial charge in [0, 0.05) is 24.1 Å². The minimum Gasteiger partial charge on any atom is -0.326 e. The molecular weight excluding hydrogens is 721 g/mol. The molecule has 0 spiro atoms. The van der Waals surface area contributed by atoms with Crippen LogP contribution >= 0.6 is 23.2 Å². The van der Waals surface area contributed by atoms with Gasteiger partial charge in [0.2, 0.25) is 5.91 Å². The molecule has 13 heteroatoms. The number of hydrogen-bond acceptors (Lipinski definition) is 6. The molecular formula is C39H41Cl2N5O5S. The fourth-order valence-corrected chi connectivity index (χ4v) is 7.47. The van der Waals surface area contributed by atoms with Gasteiger partial charge in [-0.05, 0) is 72.4 Å². The van der Waals surface area contributed by atoms with E-state index in [9.17, 15) is 22.8 Å². The number of amides is 2. The largest absolute Gasteiger partial charge is 0.351 e. The summed E-state index contributed by atoms with van der Waals surface area (Å²) < 4.78 is 32.2. The topological polar surface area (TPSA) is 132 Å². The van der Waals surface area contributed by atoms with Gasteiger partial charge < -0.3 is 5.32 Å². The van der Waals surface area contributed by atoms with Crippen molar-refractivity contribution in [3.8, 4) is 16.8 Å². The molecule has 272 valence electrons. The normalized spacial score (nSPS) is 11.4. The second-order valence-corrected chi connectivity index (χ2v) is 14.8. The van der Waals surface area contributed by atoms with E-state index in [-0.39, 0.29) is 33.6 Å². The van der Waals surface area contributed by atoms with Gasteiger partial charge >= 0.3 is 5.69 Å². The molecule has 0 fully saturated rings. The van der Waals surface area contributed by atoms with Crippen LogP contribution in [0.4, 0.5) is 5.69 Å². The van der Waals surface area contributed by atoms with Crippen LogP contribution in [0, 0.1) is 0 Å². The summed E-state index contributed by atoms with van der Waals surface area (Å²) in [5.41, 5.74) is 3.36. The Bertz CT molecular complexity index is 2270. The minimum absolute atomic E-state index is 0.0452. The Labute approximate surface area is 313 Å². The highest BCUT2D eigenvalue weighted by Gasteiger charge is 2.24. The van der Waals surface area contributed by atoms with Gasteiger partial charge in [0.1, 0.15) is 5.82 Å². The van der Waals surface area contributed by atoms with Crippen molar-refractivity contribution in [2.45, 2.75) is 77.2 Å². The number of aryl methyl sites for hydroxylation is 2. The lowest BCUT2D eigenvalue weighted by atomic mass is 9.97. The van der Waals surface area contributed by atoms with Crippen LogP contribution in [0.25, 0.3) is 16.8 Å². The summed E-state index contributed by atoms with van der Waals surface area (Å²) in [6.07, 6.45) is 4.94. The highest BCUT2D eigenvalue weighted by molar-refractivity contribution is 7.90. The third kappa shape index (κ3) is 8.83. The third-order valence-corrected chi connectivity index (χ3v) is 10.7. The number of hydrogen-bond donors (Lipinski definition) is 2. The molecule has 0 aliphatic carbocycles. The monoisotopic (exact) mass is 761 g/mol. The van der Waals surface area contributed by atoms with Crippen molar-refractivity contribution in [3.05, 3.63) is 128 Å². The Morgan fingerprint density at radius 3 is 2.29 bits per heavy atom. The molecule has 5 rings (SSSR count). The smallest absolute Gasteiger partial charge is 0.326 e. The van der Waals surface area contributed by atoms with E-state index in [1.54, 1.807) is 53.1 Å². The molecule has 0 radical (unpaired) electrons. The maximum atomic E-state index is 14.0. The third-order valence-electron chi connectivity index (χ3n) is 8.66. The van der Waals surface area contributed by atoms with E-state index >= 15 is 0 Å². The van der Waals surface area contributed by atoms with Crippen LogP contribution in [0.2, 0.25) is 10.0 Å². The Morgan fingerprint density at radius 2 is 1.56 bits per heavy atom. The molecule has 0 saturated heterocycles. The highest BCUT2D eigenvalue weighted by Crippen LogP contribution is 2.30. The van der Waals surface area contributed by atoms with Crippen molar-refractivity contribution >= 4 is 50.7 Å². The molecule has 0 atom stereocenters. The molecule has 4 aromatic carbocycles. The molecule has 1 heterocycles. The summed E-state index contributed by atoms with van der Waals surface area (Å²) in [7, 11) is -4.29. The Balaban J connectivity index is 1.48. The van der Waals surface area contributed by atoms with Crippen LogP contribution in [0.5, 0.6) is 0 Å². The number of rotatable bonds is 15. The number of carbonyl (C=O) groups excluding carboxylic acids is 2. The van der Waals surface area contributed by atoms with Gasteiger partial charge in [-0.2, -0.15) is 4.68 Å². The molecule has 5 aromatic rings. The maximum Gasteiger partial charge on any atom is 0.351 e. The van der Waals surface area contributed by atoms with Crippen LogP contribution in [0.15, 0.2) is 94.6 Å². The van der Waals surface area contributed by atoms with Gasteiger partial charge in [-0.3, -0.25) is 14.2 Å². The molecule has 1 aromatic heterocycles. The first-order chi connectivity index (χ1) is 25.0. The first-order valence-electron chi connectivity index (χ1n) is 17.3.